The van der Waals surface area contributed by atoms with Crippen LogP contribution in [0, 0.1) is 11.8 Å². The molecule has 0 aliphatic carbocycles. The van der Waals surface area contributed by atoms with E-state index in [4.69, 9.17) is 5.11 Å². The molecule has 0 heterocycles. The zero-order valence-corrected chi connectivity index (χ0v) is 7.71. The fourth-order valence-electron chi connectivity index (χ4n) is 1.04. The topological polar surface area (TPSA) is 37.3 Å². The first kappa shape index (κ1) is 11.0. The molecule has 0 aliphatic heterocycles. The van der Waals surface area contributed by atoms with Crippen molar-refractivity contribution in [1.82, 2.24) is 0 Å². The molecule has 2 heteroatoms. The maximum atomic E-state index is 10.7. The molecular weight excluding hydrogens is 152 g/mol. The number of hydrogen-bond acceptors (Lipinski definition) is 1. The third-order valence-corrected chi connectivity index (χ3v) is 2.12. The molecule has 0 saturated heterocycles. The lowest BCUT2D eigenvalue weighted by molar-refractivity contribution is -0.142. The van der Waals surface area contributed by atoms with Crippen LogP contribution in [0.4, 0.5) is 0 Å². The Bertz CT molecular complexity index is 194. The lowest BCUT2D eigenvalue weighted by Crippen LogP contribution is -2.21. The average Bonchev–Trinajstić information content (AvgIpc) is 1.98. The van der Waals surface area contributed by atoms with Crippen LogP contribution in [-0.2, 0) is 4.79 Å². The van der Waals surface area contributed by atoms with Crippen LogP contribution in [0.25, 0.3) is 0 Å². The summed E-state index contributed by atoms with van der Waals surface area (Å²) in [7, 11) is 0. The van der Waals surface area contributed by atoms with Gasteiger partial charge in [0.1, 0.15) is 0 Å². The molecule has 0 amide bonds. The molecule has 1 N–H and O–H groups in total. The van der Waals surface area contributed by atoms with E-state index in [1.807, 2.05) is 13.8 Å². The van der Waals surface area contributed by atoms with Gasteiger partial charge in [0.2, 0.25) is 0 Å². The van der Waals surface area contributed by atoms with Gasteiger partial charge in [-0.25, -0.2) is 0 Å². The summed E-state index contributed by atoms with van der Waals surface area (Å²) in [6.45, 7) is 11.0. The van der Waals surface area contributed by atoms with Gasteiger partial charge in [-0.1, -0.05) is 25.2 Å². The van der Waals surface area contributed by atoms with Crippen LogP contribution < -0.4 is 0 Å². The van der Waals surface area contributed by atoms with Crippen LogP contribution in [0.5, 0.6) is 0 Å². The minimum Gasteiger partial charge on any atom is -0.481 e. The Hall–Kier alpha value is -1.05. The Kier molecular flexibility index (Phi) is 4.34. The molecule has 2 atom stereocenters. The Labute approximate surface area is 73.6 Å². The first-order valence-corrected chi connectivity index (χ1v) is 3.99. The van der Waals surface area contributed by atoms with Gasteiger partial charge < -0.3 is 5.11 Å². The number of carboxylic acids is 1. The largest absolute Gasteiger partial charge is 0.481 e. The van der Waals surface area contributed by atoms with Crippen molar-refractivity contribution in [1.29, 1.82) is 0 Å². The predicted molar refractivity (Wildman–Crippen MR) is 49.9 cm³/mol. The number of carboxylic acid groups (broad SMARTS) is 1. The number of allylic oxidation sites excluding steroid dienone is 2. The van der Waals surface area contributed by atoms with Crippen LogP contribution >= 0.6 is 0 Å². The van der Waals surface area contributed by atoms with Gasteiger partial charge in [0.25, 0.3) is 0 Å². The normalized spacial score (nSPS) is 14.8. The monoisotopic (exact) mass is 168 g/mol. The summed E-state index contributed by atoms with van der Waals surface area (Å²) in [5, 5.41) is 8.83. The minimum atomic E-state index is -0.773. The molecule has 0 bridgehead atoms. The zero-order chi connectivity index (χ0) is 9.72. The quantitative estimate of drug-likeness (QED) is 0.640. The number of hydrogen-bond donors (Lipinski definition) is 1. The van der Waals surface area contributed by atoms with Crippen molar-refractivity contribution in [3.8, 4) is 0 Å². The minimum absolute atomic E-state index is 0.0144. The van der Waals surface area contributed by atoms with E-state index in [0.29, 0.717) is 6.42 Å². The fourth-order valence-corrected chi connectivity index (χ4v) is 1.04. The zero-order valence-electron chi connectivity index (χ0n) is 7.71. The summed E-state index contributed by atoms with van der Waals surface area (Å²) in [6.07, 6.45) is 2.14. The summed E-state index contributed by atoms with van der Waals surface area (Å²) in [5.74, 6) is -1.13. The van der Waals surface area contributed by atoms with E-state index >= 15 is 0 Å². The Morgan fingerprint density at radius 3 is 2.42 bits per heavy atom. The summed E-state index contributed by atoms with van der Waals surface area (Å²) < 4.78 is 0. The summed E-state index contributed by atoms with van der Waals surface area (Å²) >= 11 is 0. The maximum absolute atomic E-state index is 10.7. The van der Waals surface area contributed by atoms with Crippen LogP contribution in [0.2, 0.25) is 0 Å². The molecule has 0 radical (unpaired) electrons. The molecule has 12 heavy (non-hydrogen) atoms. The Morgan fingerprint density at radius 1 is 1.67 bits per heavy atom. The molecule has 0 aromatic carbocycles. The van der Waals surface area contributed by atoms with Crippen molar-refractivity contribution >= 4 is 5.97 Å². The van der Waals surface area contributed by atoms with E-state index in [0.717, 1.165) is 5.57 Å². The highest BCUT2D eigenvalue weighted by atomic mass is 16.4. The van der Waals surface area contributed by atoms with Gasteiger partial charge in [0, 0.05) is 0 Å². The standard InChI is InChI=1S/C10H16O2/c1-5-6-9(10(11)12)8(4)7(2)3/h5,8-9H,1-2,6H2,3-4H3,(H,11,12). The van der Waals surface area contributed by atoms with E-state index in [1.54, 1.807) is 6.08 Å². The maximum Gasteiger partial charge on any atom is 0.307 e. The second kappa shape index (κ2) is 4.75. The second-order valence-corrected chi connectivity index (χ2v) is 3.10. The van der Waals surface area contributed by atoms with Crippen molar-refractivity contribution in [2.24, 2.45) is 11.8 Å². The number of rotatable bonds is 5. The van der Waals surface area contributed by atoms with Gasteiger partial charge in [-0.05, 0) is 19.3 Å². The van der Waals surface area contributed by atoms with Crippen LogP contribution in [0.15, 0.2) is 24.8 Å². The molecule has 68 valence electrons. The molecule has 0 aliphatic rings. The SMILES string of the molecule is C=CCC(C(=O)O)C(C)C(=C)C. The van der Waals surface area contributed by atoms with Crippen molar-refractivity contribution in [3.63, 3.8) is 0 Å². The lowest BCUT2D eigenvalue weighted by Gasteiger charge is -2.18. The fraction of sp³-hybridized carbons (Fsp3) is 0.500. The van der Waals surface area contributed by atoms with Gasteiger partial charge >= 0.3 is 5.97 Å². The highest BCUT2D eigenvalue weighted by Crippen LogP contribution is 2.22. The smallest absolute Gasteiger partial charge is 0.307 e. The average molecular weight is 168 g/mol. The van der Waals surface area contributed by atoms with Crippen molar-refractivity contribution in [3.05, 3.63) is 24.8 Å². The van der Waals surface area contributed by atoms with Crippen LogP contribution in [-0.4, -0.2) is 11.1 Å². The van der Waals surface area contributed by atoms with E-state index in [9.17, 15) is 4.79 Å². The van der Waals surface area contributed by atoms with Crippen molar-refractivity contribution in [2.75, 3.05) is 0 Å². The third-order valence-electron chi connectivity index (χ3n) is 2.12. The van der Waals surface area contributed by atoms with E-state index < -0.39 is 5.97 Å². The molecule has 0 fully saturated rings. The first-order valence-electron chi connectivity index (χ1n) is 3.99. The van der Waals surface area contributed by atoms with Crippen LogP contribution in [0.3, 0.4) is 0 Å². The summed E-state index contributed by atoms with van der Waals surface area (Å²) in [5.41, 5.74) is 0.907. The highest BCUT2D eigenvalue weighted by molar-refractivity contribution is 5.71. The lowest BCUT2D eigenvalue weighted by atomic mass is 9.86. The van der Waals surface area contributed by atoms with E-state index in [1.165, 1.54) is 0 Å². The molecule has 0 spiro atoms. The number of aliphatic carboxylic acids is 1. The summed E-state index contributed by atoms with van der Waals surface area (Å²) in [6, 6.07) is 0. The molecule has 0 saturated carbocycles. The number of carbonyl (C=O) groups is 1. The molecule has 0 aromatic heterocycles. The molecular formula is C10H16O2. The first-order chi connectivity index (χ1) is 5.50. The van der Waals surface area contributed by atoms with Gasteiger partial charge in [-0.2, -0.15) is 0 Å². The molecule has 0 aromatic rings. The molecule has 2 nitrogen and oxygen atoms in total. The highest BCUT2D eigenvalue weighted by Gasteiger charge is 2.23. The second-order valence-electron chi connectivity index (χ2n) is 3.10. The van der Waals surface area contributed by atoms with E-state index in [-0.39, 0.29) is 11.8 Å². The molecule has 0 rings (SSSR count). The van der Waals surface area contributed by atoms with Crippen LogP contribution in [0.1, 0.15) is 20.3 Å². The third kappa shape index (κ3) is 2.91. The molecule has 2 unspecified atom stereocenters. The van der Waals surface area contributed by atoms with Crippen molar-refractivity contribution in [2.45, 2.75) is 20.3 Å². The van der Waals surface area contributed by atoms with Gasteiger partial charge in [-0.3, -0.25) is 4.79 Å². The predicted octanol–water partition coefficient (Wildman–Crippen LogP) is 2.48. The van der Waals surface area contributed by atoms with E-state index in [2.05, 4.69) is 13.2 Å². The van der Waals surface area contributed by atoms with Gasteiger partial charge in [-0.15, -0.1) is 6.58 Å². The Balaban J connectivity index is 4.38. The van der Waals surface area contributed by atoms with Gasteiger partial charge in [0.05, 0.1) is 5.92 Å². The Morgan fingerprint density at radius 2 is 2.17 bits per heavy atom. The van der Waals surface area contributed by atoms with Gasteiger partial charge in [0.15, 0.2) is 0 Å². The van der Waals surface area contributed by atoms with Crippen molar-refractivity contribution < 1.29 is 9.90 Å². The summed E-state index contributed by atoms with van der Waals surface area (Å²) in [4.78, 5) is 10.7.